The van der Waals surface area contributed by atoms with Gasteiger partial charge in [0.1, 0.15) is 17.3 Å². The Hall–Kier alpha value is -2.55. The number of hydrogen-bond donors (Lipinski definition) is 0. The zero-order chi connectivity index (χ0) is 19.1. The minimum absolute atomic E-state index is 0.498. The van der Waals surface area contributed by atoms with E-state index in [1.165, 1.54) is 25.7 Å². The number of rotatable bonds is 8. The molecular formula is C19H21N5O3S. The quantitative estimate of drug-likeness (QED) is 0.528. The molecule has 0 amide bonds. The predicted molar refractivity (Wildman–Crippen MR) is 103 cm³/mol. The van der Waals surface area contributed by atoms with Crippen LogP contribution in [-0.2, 0) is 5.75 Å². The second-order valence-corrected chi connectivity index (χ2v) is 8.03. The molecule has 0 atom stereocenters. The molecule has 0 aliphatic heterocycles. The van der Waals surface area contributed by atoms with E-state index in [0.29, 0.717) is 40.9 Å². The summed E-state index contributed by atoms with van der Waals surface area (Å²) in [4.78, 5) is 4.53. The number of ether oxygens (including phenoxy) is 2. The lowest BCUT2D eigenvalue weighted by molar-refractivity contribution is 0.388. The lowest BCUT2D eigenvalue weighted by Crippen LogP contribution is -2.02. The monoisotopic (exact) mass is 399 g/mol. The lowest BCUT2D eigenvalue weighted by Gasteiger charge is -2.07. The van der Waals surface area contributed by atoms with Gasteiger partial charge in [0, 0.05) is 18.0 Å². The van der Waals surface area contributed by atoms with Gasteiger partial charge in [0.25, 0.3) is 0 Å². The van der Waals surface area contributed by atoms with Crippen LogP contribution in [0.5, 0.6) is 11.5 Å². The first-order chi connectivity index (χ1) is 13.8. The van der Waals surface area contributed by atoms with Crippen molar-refractivity contribution in [3.05, 3.63) is 29.9 Å². The highest BCUT2D eigenvalue weighted by atomic mass is 32.2. The van der Waals surface area contributed by atoms with Crippen LogP contribution in [0.15, 0.2) is 27.9 Å². The van der Waals surface area contributed by atoms with Crippen molar-refractivity contribution in [3.8, 4) is 22.9 Å². The number of aromatic nitrogens is 5. The van der Waals surface area contributed by atoms with Crippen molar-refractivity contribution in [2.24, 2.45) is 0 Å². The minimum Gasteiger partial charge on any atom is -0.497 e. The van der Waals surface area contributed by atoms with Crippen LogP contribution in [-0.4, -0.2) is 39.1 Å². The Morgan fingerprint density at radius 3 is 2.71 bits per heavy atom. The van der Waals surface area contributed by atoms with Crippen LogP contribution in [0.3, 0.4) is 0 Å². The first-order valence-electron chi connectivity index (χ1n) is 9.39. The molecule has 2 fully saturated rings. The normalized spacial score (nSPS) is 16.4. The molecule has 0 bridgehead atoms. The van der Waals surface area contributed by atoms with E-state index in [1.54, 1.807) is 32.0 Å². The van der Waals surface area contributed by atoms with E-state index in [1.807, 2.05) is 12.1 Å². The molecule has 5 rings (SSSR count). The highest BCUT2D eigenvalue weighted by Crippen LogP contribution is 2.46. The van der Waals surface area contributed by atoms with Gasteiger partial charge >= 0.3 is 0 Å². The summed E-state index contributed by atoms with van der Waals surface area (Å²) in [5, 5.41) is 13.9. The third-order valence-electron chi connectivity index (χ3n) is 4.99. The molecule has 9 heteroatoms. The van der Waals surface area contributed by atoms with Crippen molar-refractivity contribution < 1.29 is 14.0 Å². The predicted octanol–water partition coefficient (Wildman–Crippen LogP) is 3.85. The molecule has 2 aliphatic carbocycles. The van der Waals surface area contributed by atoms with E-state index in [9.17, 15) is 0 Å². The van der Waals surface area contributed by atoms with E-state index in [4.69, 9.17) is 14.0 Å². The first-order valence-corrected chi connectivity index (χ1v) is 10.4. The van der Waals surface area contributed by atoms with Crippen LogP contribution in [0.2, 0.25) is 0 Å². The van der Waals surface area contributed by atoms with Crippen molar-refractivity contribution in [2.75, 3.05) is 14.2 Å². The summed E-state index contributed by atoms with van der Waals surface area (Å²) < 4.78 is 18.4. The van der Waals surface area contributed by atoms with Crippen molar-refractivity contribution >= 4 is 11.8 Å². The Kier molecular flexibility index (Phi) is 4.46. The third kappa shape index (κ3) is 3.34. The Balaban J connectivity index is 1.33. The summed E-state index contributed by atoms with van der Waals surface area (Å²) in [5.74, 6) is 4.71. The SMILES string of the molecule is COc1ccc(-c2noc(CSc3nnc(C4CC4)n3C3CC3)n2)c(OC)c1. The van der Waals surface area contributed by atoms with E-state index in [2.05, 4.69) is 24.9 Å². The van der Waals surface area contributed by atoms with Crippen LogP contribution >= 0.6 is 11.8 Å². The van der Waals surface area contributed by atoms with Crippen molar-refractivity contribution in [2.45, 2.75) is 48.6 Å². The van der Waals surface area contributed by atoms with E-state index >= 15 is 0 Å². The number of thioether (sulfide) groups is 1. The fourth-order valence-electron chi connectivity index (χ4n) is 3.22. The fraction of sp³-hybridized carbons (Fsp3) is 0.474. The molecule has 2 aliphatic rings. The lowest BCUT2D eigenvalue weighted by atomic mass is 10.2. The largest absolute Gasteiger partial charge is 0.497 e. The smallest absolute Gasteiger partial charge is 0.237 e. The van der Waals surface area contributed by atoms with Gasteiger partial charge in [-0.05, 0) is 37.8 Å². The molecule has 8 nitrogen and oxygen atoms in total. The molecule has 2 aromatic heterocycles. The summed E-state index contributed by atoms with van der Waals surface area (Å²) in [6, 6.07) is 6.08. The van der Waals surface area contributed by atoms with Crippen molar-refractivity contribution in [1.29, 1.82) is 0 Å². The zero-order valence-corrected chi connectivity index (χ0v) is 16.6. The van der Waals surface area contributed by atoms with Crippen LogP contribution in [0.4, 0.5) is 0 Å². The summed E-state index contributed by atoms with van der Waals surface area (Å²) in [5.41, 5.74) is 0.764. The van der Waals surface area contributed by atoms with Gasteiger partial charge in [0.15, 0.2) is 5.16 Å². The van der Waals surface area contributed by atoms with Gasteiger partial charge in [-0.1, -0.05) is 16.9 Å². The van der Waals surface area contributed by atoms with E-state index < -0.39 is 0 Å². The van der Waals surface area contributed by atoms with Crippen LogP contribution < -0.4 is 9.47 Å². The second-order valence-electron chi connectivity index (χ2n) is 7.08. The number of benzene rings is 1. The Morgan fingerprint density at radius 1 is 1.14 bits per heavy atom. The standard InChI is InChI=1S/C19H21N5O3S/c1-25-13-7-8-14(15(9-13)26-2)17-20-16(27-23-17)10-28-19-22-21-18(11-3-4-11)24(19)12-5-6-12/h7-9,11-12H,3-6,10H2,1-2H3. The highest BCUT2D eigenvalue weighted by Gasteiger charge is 2.36. The third-order valence-corrected chi connectivity index (χ3v) is 5.92. The molecule has 1 aromatic carbocycles. The summed E-state index contributed by atoms with van der Waals surface area (Å²) in [7, 11) is 3.23. The topological polar surface area (TPSA) is 88.1 Å². The van der Waals surface area contributed by atoms with E-state index in [-0.39, 0.29) is 0 Å². The zero-order valence-electron chi connectivity index (χ0n) is 15.8. The average Bonchev–Trinajstić information content (AvgIpc) is 3.66. The van der Waals surface area contributed by atoms with Crippen LogP contribution in [0, 0.1) is 0 Å². The average molecular weight is 399 g/mol. The number of methoxy groups -OCH3 is 2. The summed E-state index contributed by atoms with van der Waals surface area (Å²) in [6.45, 7) is 0. The van der Waals surface area contributed by atoms with Gasteiger partial charge in [-0.3, -0.25) is 0 Å². The van der Waals surface area contributed by atoms with Gasteiger partial charge in [-0.15, -0.1) is 10.2 Å². The molecular weight excluding hydrogens is 378 g/mol. The minimum atomic E-state index is 0.498. The Labute approximate surface area is 166 Å². The maximum Gasteiger partial charge on any atom is 0.237 e. The second kappa shape index (κ2) is 7.12. The molecule has 2 heterocycles. The first kappa shape index (κ1) is 17.5. The fourth-order valence-corrected chi connectivity index (χ4v) is 4.07. The molecule has 146 valence electrons. The molecule has 0 N–H and O–H groups in total. The molecule has 2 saturated carbocycles. The van der Waals surface area contributed by atoms with Crippen molar-refractivity contribution in [1.82, 2.24) is 24.9 Å². The van der Waals surface area contributed by atoms with Gasteiger partial charge in [0.05, 0.1) is 25.5 Å². The maximum absolute atomic E-state index is 5.45. The van der Waals surface area contributed by atoms with Gasteiger partial charge in [0.2, 0.25) is 11.7 Å². The maximum atomic E-state index is 5.45. The molecule has 0 spiro atoms. The number of hydrogen-bond acceptors (Lipinski definition) is 8. The number of nitrogens with zero attached hydrogens (tertiary/aromatic N) is 5. The molecule has 0 unspecified atom stereocenters. The highest BCUT2D eigenvalue weighted by molar-refractivity contribution is 7.98. The van der Waals surface area contributed by atoms with E-state index in [0.717, 1.165) is 16.5 Å². The van der Waals surface area contributed by atoms with Gasteiger partial charge in [-0.2, -0.15) is 4.98 Å². The molecule has 0 radical (unpaired) electrons. The molecule has 3 aromatic rings. The van der Waals surface area contributed by atoms with Gasteiger partial charge in [-0.25, -0.2) is 0 Å². The Bertz CT molecular complexity index is 993. The Morgan fingerprint density at radius 2 is 2.00 bits per heavy atom. The van der Waals surface area contributed by atoms with Gasteiger partial charge < -0.3 is 18.6 Å². The van der Waals surface area contributed by atoms with Crippen LogP contribution in [0.1, 0.15) is 49.4 Å². The van der Waals surface area contributed by atoms with Crippen molar-refractivity contribution in [3.63, 3.8) is 0 Å². The summed E-state index contributed by atoms with van der Waals surface area (Å²) in [6.07, 6.45) is 4.89. The summed E-state index contributed by atoms with van der Waals surface area (Å²) >= 11 is 1.60. The van der Waals surface area contributed by atoms with Crippen LogP contribution in [0.25, 0.3) is 11.4 Å². The molecule has 0 saturated heterocycles. The molecule has 28 heavy (non-hydrogen) atoms.